The van der Waals surface area contributed by atoms with Gasteiger partial charge < -0.3 is 19.3 Å². The van der Waals surface area contributed by atoms with Crippen molar-refractivity contribution in [2.45, 2.75) is 13.2 Å². The summed E-state index contributed by atoms with van der Waals surface area (Å²) in [4.78, 5) is 11.0. The molecule has 5 heteroatoms. The molecule has 0 bridgehead atoms. The van der Waals surface area contributed by atoms with Crippen LogP contribution in [0.3, 0.4) is 0 Å². The lowest BCUT2D eigenvalue weighted by Crippen LogP contribution is -2.14. The Hall–Kier alpha value is -2.01. The number of rotatable bonds is 3. The van der Waals surface area contributed by atoms with E-state index in [2.05, 4.69) is 0 Å². The number of ether oxygens (including phenoxy) is 3. The zero-order valence-electron chi connectivity index (χ0n) is 10.4. The number of allylic oxidation sites excluding steroid dienone is 1. The van der Waals surface area contributed by atoms with Gasteiger partial charge >= 0.3 is 0 Å². The van der Waals surface area contributed by atoms with Crippen LogP contribution in [0.1, 0.15) is 34.7 Å². The van der Waals surface area contributed by atoms with Gasteiger partial charge in [0.05, 0.1) is 24.0 Å². The Balaban J connectivity index is 2.75. The van der Waals surface area contributed by atoms with E-state index >= 15 is 0 Å². The topological polar surface area (TPSA) is 65.0 Å². The number of fused-ring (bicyclic) bond motifs is 1. The van der Waals surface area contributed by atoms with Crippen LogP contribution < -0.4 is 4.74 Å². The van der Waals surface area contributed by atoms with Gasteiger partial charge in [-0.25, -0.2) is 0 Å². The van der Waals surface area contributed by atoms with Gasteiger partial charge in [0.1, 0.15) is 11.5 Å². The highest BCUT2D eigenvalue weighted by Gasteiger charge is 2.28. The lowest BCUT2D eigenvalue weighted by molar-refractivity contribution is -0.0996. The third kappa shape index (κ3) is 1.82. The molecule has 2 rings (SSSR count). The molecule has 1 aliphatic rings. The van der Waals surface area contributed by atoms with Crippen LogP contribution in [0.25, 0.3) is 6.08 Å². The number of hydrogen-bond acceptors (Lipinski definition) is 5. The molecule has 0 amide bonds. The summed E-state index contributed by atoms with van der Waals surface area (Å²) in [6.45, 7) is 1.78. The summed E-state index contributed by atoms with van der Waals surface area (Å²) in [6, 6.07) is 1.50. The first-order chi connectivity index (χ1) is 8.62. The van der Waals surface area contributed by atoms with Crippen LogP contribution in [0.2, 0.25) is 0 Å². The van der Waals surface area contributed by atoms with Crippen LogP contribution in [0.15, 0.2) is 11.8 Å². The van der Waals surface area contributed by atoms with E-state index in [0.717, 1.165) is 0 Å². The molecule has 1 aliphatic heterocycles. The lowest BCUT2D eigenvalue weighted by Gasteiger charge is -2.27. The van der Waals surface area contributed by atoms with Gasteiger partial charge in [0.15, 0.2) is 6.29 Å². The number of carbonyl (C=O) groups excluding carboxylic acids is 1. The maximum absolute atomic E-state index is 11.0. The summed E-state index contributed by atoms with van der Waals surface area (Å²) in [5, 5.41) is 9.80. The van der Waals surface area contributed by atoms with E-state index in [0.29, 0.717) is 23.2 Å². The number of aldehydes is 1. The highest BCUT2D eigenvalue weighted by molar-refractivity contribution is 5.86. The minimum atomic E-state index is -0.653. The summed E-state index contributed by atoms with van der Waals surface area (Å²) in [7, 11) is 2.93. The number of benzene rings is 1. The van der Waals surface area contributed by atoms with E-state index in [1.165, 1.54) is 20.3 Å². The number of methoxy groups -OCH3 is 2. The lowest BCUT2D eigenvalue weighted by atomic mass is 9.98. The number of phenols is 1. The van der Waals surface area contributed by atoms with E-state index in [9.17, 15) is 9.90 Å². The minimum Gasteiger partial charge on any atom is -0.507 e. The molecule has 1 aromatic rings. The fourth-order valence-electron chi connectivity index (χ4n) is 2.04. The second kappa shape index (κ2) is 4.70. The zero-order chi connectivity index (χ0) is 13.3. The normalized spacial score (nSPS) is 17.5. The van der Waals surface area contributed by atoms with Crippen LogP contribution in [0.4, 0.5) is 0 Å². The molecular formula is C13H14O5. The third-order valence-corrected chi connectivity index (χ3v) is 2.79. The van der Waals surface area contributed by atoms with E-state index in [1.54, 1.807) is 13.0 Å². The second-order valence-electron chi connectivity index (χ2n) is 3.90. The first kappa shape index (κ1) is 12.4. The van der Waals surface area contributed by atoms with Crippen molar-refractivity contribution < 1.29 is 24.1 Å². The standard InChI is InChI=1S/C13H14O5/c1-7-4-8-5-10(15)9(6-14)12(16-2)11(8)13(17-3)18-7/h4-6,13,15H,1-3H3. The van der Waals surface area contributed by atoms with Crippen LogP contribution in [0.5, 0.6) is 11.5 Å². The Morgan fingerprint density at radius 3 is 2.72 bits per heavy atom. The maximum atomic E-state index is 11.0. The number of phenolic OH excluding ortho intramolecular Hbond substituents is 1. The molecule has 96 valence electrons. The van der Waals surface area contributed by atoms with Crippen LogP contribution >= 0.6 is 0 Å². The molecule has 0 spiro atoms. The van der Waals surface area contributed by atoms with Crippen molar-refractivity contribution in [2.24, 2.45) is 0 Å². The monoisotopic (exact) mass is 250 g/mol. The molecule has 0 radical (unpaired) electrons. The zero-order valence-corrected chi connectivity index (χ0v) is 10.4. The van der Waals surface area contributed by atoms with E-state index in [-0.39, 0.29) is 17.1 Å². The Morgan fingerprint density at radius 2 is 2.17 bits per heavy atom. The molecule has 1 aromatic carbocycles. The van der Waals surface area contributed by atoms with Gasteiger partial charge in [-0.3, -0.25) is 4.79 Å². The minimum absolute atomic E-state index is 0.0925. The fraction of sp³-hybridized carbons (Fsp3) is 0.308. The molecule has 0 saturated carbocycles. The number of hydrogen-bond donors (Lipinski definition) is 1. The average molecular weight is 250 g/mol. The summed E-state index contributed by atoms with van der Waals surface area (Å²) < 4.78 is 15.9. The predicted octanol–water partition coefficient (Wildman–Crippen LogP) is 2.25. The molecule has 1 unspecified atom stereocenters. The Morgan fingerprint density at radius 1 is 1.44 bits per heavy atom. The van der Waals surface area contributed by atoms with Crippen molar-refractivity contribution in [1.82, 2.24) is 0 Å². The van der Waals surface area contributed by atoms with Gasteiger partial charge in [-0.05, 0) is 24.6 Å². The Kier molecular flexibility index (Phi) is 3.25. The maximum Gasteiger partial charge on any atom is 0.230 e. The molecule has 5 nitrogen and oxygen atoms in total. The van der Waals surface area contributed by atoms with Gasteiger partial charge in [0, 0.05) is 7.11 Å². The third-order valence-electron chi connectivity index (χ3n) is 2.79. The van der Waals surface area contributed by atoms with Crippen molar-refractivity contribution in [3.63, 3.8) is 0 Å². The molecule has 18 heavy (non-hydrogen) atoms. The van der Waals surface area contributed by atoms with Gasteiger partial charge in [-0.15, -0.1) is 0 Å². The van der Waals surface area contributed by atoms with Crippen molar-refractivity contribution in [2.75, 3.05) is 14.2 Å². The first-order valence-corrected chi connectivity index (χ1v) is 5.39. The summed E-state index contributed by atoms with van der Waals surface area (Å²) in [5.74, 6) is 0.812. The molecule has 1 atom stereocenters. The fourth-order valence-corrected chi connectivity index (χ4v) is 2.04. The molecule has 0 aliphatic carbocycles. The largest absolute Gasteiger partial charge is 0.507 e. The van der Waals surface area contributed by atoms with Crippen LogP contribution in [0, 0.1) is 0 Å². The van der Waals surface area contributed by atoms with Crippen molar-refractivity contribution >= 4 is 12.4 Å². The molecule has 0 fully saturated rings. The first-order valence-electron chi connectivity index (χ1n) is 5.39. The summed E-state index contributed by atoms with van der Waals surface area (Å²) in [6.07, 6.45) is 1.65. The van der Waals surface area contributed by atoms with E-state index in [4.69, 9.17) is 14.2 Å². The Labute approximate surface area is 105 Å². The smallest absolute Gasteiger partial charge is 0.230 e. The number of carbonyl (C=O) groups is 1. The SMILES string of the molecule is COc1c(C=O)c(O)cc2c1C(OC)OC(C)=C2. The summed E-state index contributed by atoms with van der Waals surface area (Å²) >= 11 is 0. The van der Waals surface area contributed by atoms with Crippen molar-refractivity contribution in [3.8, 4) is 11.5 Å². The predicted molar refractivity (Wildman–Crippen MR) is 64.5 cm³/mol. The van der Waals surface area contributed by atoms with E-state index < -0.39 is 6.29 Å². The molecule has 1 N–H and O–H groups in total. The molecular weight excluding hydrogens is 236 g/mol. The average Bonchev–Trinajstić information content (AvgIpc) is 2.35. The van der Waals surface area contributed by atoms with Gasteiger partial charge in [0.2, 0.25) is 6.29 Å². The summed E-state index contributed by atoms with van der Waals surface area (Å²) in [5.41, 5.74) is 1.41. The molecule has 0 aromatic heterocycles. The Bertz CT molecular complexity index is 519. The van der Waals surface area contributed by atoms with Crippen molar-refractivity contribution in [3.05, 3.63) is 28.5 Å². The van der Waals surface area contributed by atoms with Gasteiger partial charge in [-0.1, -0.05) is 0 Å². The van der Waals surface area contributed by atoms with E-state index in [1.807, 2.05) is 0 Å². The highest BCUT2D eigenvalue weighted by Crippen LogP contribution is 2.42. The van der Waals surface area contributed by atoms with Crippen molar-refractivity contribution in [1.29, 1.82) is 0 Å². The molecule has 0 saturated heterocycles. The van der Waals surface area contributed by atoms with Gasteiger partial charge in [0.25, 0.3) is 0 Å². The number of aromatic hydroxyl groups is 1. The second-order valence-corrected chi connectivity index (χ2v) is 3.90. The van der Waals surface area contributed by atoms with Gasteiger partial charge in [-0.2, -0.15) is 0 Å². The quantitative estimate of drug-likeness (QED) is 0.833. The van der Waals surface area contributed by atoms with Crippen LogP contribution in [-0.2, 0) is 9.47 Å². The molecule has 1 heterocycles. The highest BCUT2D eigenvalue weighted by atomic mass is 16.7. The van der Waals surface area contributed by atoms with Crippen LogP contribution in [-0.4, -0.2) is 25.6 Å².